The van der Waals surface area contributed by atoms with E-state index in [1.807, 2.05) is 12.1 Å². The molecule has 1 fully saturated rings. The summed E-state index contributed by atoms with van der Waals surface area (Å²) in [5.74, 6) is 0.596. The second kappa shape index (κ2) is 8.91. The molecule has 122 valence electrons. The van der Waals surface area contributed by atoms with Gasteiger partial charge in [0.1, 0.15) is 0 Å². The van der Waals surface area contributed by atoms with Crippen LogP contribution in [0.15, 0.2) is 24.3 Å². The summed E-state index contributed by atoms with van der Waals surface area (Å²) in [6, 6.07) is 7.97. The maximum absolute atomic E-state index is 12.2. The smallest absolute Gasteiger partial charge is 0.251 e. The van der Waals surface area contributed by atoms with Gasteiger partial charge in [0.15, 0.2) is 0 Å². The Balaban J connectivity index is 1.73. The molecule has 0 unspecified atom stereocenters. The van der Waals surface area contributed by atoms with Crippen molar-refractivity contribution in [1.82, 2.24) is 10.2 Å². The largest absolute Gasteiger partial charge is 0.383 e. The number of aryl methyl sites for hydroxylation is 1. The van der Waals surface area contributed by atoms with E-state index >= 15 is 0 Å². The minimum Gasteiger partial charge on any atom is -0.383 e. The van der Waals surface area contributed by atoms with Crippen LogP contribution in [0.1, 0.15) is 35.7 Å². The van der Waals surface area contributed by atoms with Gasteiger partial charge in [-0.1, -0.05) is 25.5 Å². The number of carbonyl (C=O) groups is 1. The molecule has 0 radical (unpaired) electrons. The van der Waals surface area contributed by atoms with Crippen molar-refractivity contribution in [3.63, 3.8) is 0 Å². The summed E-state index contributed by atoms with van der Waals surface area (Å²) in [4.78, 5) is 14.6. The fourth-order valence-electron chi connectivity index (χ4n) is 2.95. The third kappa shape index (κ3) is 5.11. The molecule has 1 saturated heterocycles. The molecule has 4 nitrogen and oxygen atoms in total. The number of rotatable bonds is 8. The molecule has 1 aromatic carbocycles. The van der Waals surface area contributed by atoms with Crippen molar-refractivity contribution in [1.29, 1.82) is 0 Å². The zero-order chi connectivity index (χ0) is 15.8. The zero-order valence-corrected chi connectivity index (χ0v) is 13.8. The molecule has 2 rings (SSSR count). The van der Waals surface area contributed by atoms with Crippen LogP contribution in [0, 0.1) is 5.92 Å². The highest BCUT2D eigenvalue weighted by Crippen LogP contribution is 2.15. The Labute approximate surface area is 133 Å². The van der Waals surface area contributed by atoms with Crippen LogP contribution in [0.5, 0.6) is 0 Å². The molecule has 0 aliphatic carbocycles. The number of nitrogens with one attached hydrogen (secondary N) is 1. The fourth-order valence-corrected chi connectivity index (χ4v) is 2.95. The fraction of sp³-hybridized carbons (Fsp3) is 0.611. The monoisotopic (exact) mass is 304 g/mol. The number of methoxy groups -OCH3 is 1. The van der Waals surface area contributed by atoms with Crippen LogP contribution < -0.4 is 5.32 Å². The molecule has 4 heteroatoms. The van der Waals surface area contributed by atoms with E-state index in [0.717, 1.165) is 57.6 Å². The van der Waals surface area contributed by atoms with Gasteiger partial charge in [-0.2, -0.15) is 0 Å². The van der Waals surface area contributed by atoms with E-state index < -0.39 is 0 Å². The first-order valence-electron chi connectivity index (χ1n) is 8.31. The minimum absolute atomic E-state index is 0.0402. The summed E-state index contributed by atoms with van der Waals surface area (Å²) in [6.07, 6.45) is 3.35. The molecule has 0 saturated carbocycles. The van der Waals surface area contributed by atoms with E-state index in [4.69, 9.17) is 4.74 Å². The number of likely N-dealkylation sites (tertiary alicyclic amines) is 1. The van der Waals surface area contributed by atoms with Crippen LogP contribution in [-0.2, 0) is 11.2 Å². The highest BCUT2D eigenvalue weighted by Gasteiger charge is 2.22. The predicted octanol–water partition coefficient (Wildman–Crippen LogP) is 2.34. The highest BCUT2D eigenvalue weighted by atomic mass is 16.5. The number of hydrogen-bond donors (Lipinski definition) is 1. The van der Waals surface area contributed by atoms with E-state index in [1.165, 1.54) is 5.56 Å². The van der Waals surface area contributed by atoms with Crippen LogP contribution in [0.25, 0.3) is 0 Å². The molecule has 1 aliphatic heterocycles. The molecule has 22 heavy (non-hydrogen) atoms. The predicted molar refractivity (Wildman–Crippen MR) is 89.2 cm³/mol. The lowest BCUT2D eigenvalue weighted by atomic mass is 10.1. The second-order valence-electron chi connectivity index (χ2n) is 6.11. The molecule has 0 spiro atoms. The van der Waals surface area contributed by atoms with Crippen LogP contribution >= 0.6 is 0 Å². The Kier molecular flexibility index (Phi) is 6.87. The van der Waals surface area contributed by atoms with Crippen molar-refractivity contribution in [2.75, 3.05) is 39.9 Å². The normalized spacial score (nSPS) is 18.5. The van der Waals surface area contributed by atoms with Gasteiger partial charge < -0.3 is 15.0 Å². The Morgan fingerprint density at radius 1 is 1.36 bits per heavy atom. The summed E-state index contributed by atoms with van der Waals surface area (Å²) < 4.78 is 5.11. The van der Waals surface area contributed by atoms with Gasteiger partial charge in [-0.3, -0.25) is 4.79 Å². The van der Waals surface area contributed by atoms with Gasteiger partial charge >= 0.3 is 0 Å². The highest BCUT2D eigenvalue weighted by molar-refractivity contribution is 5.94. The van der Waals surface area contributed by atoms with Crippen LogP contribution in [-0.4, -0.2) is 50.7 Å². The topological polar surface area (TPSA) is 41.6 Å². The van der Waals surface area contributed by atoms with Gasteiger partial charge in [0.25, 0.3) is 5.91 Å². The summed E-state index contributed by atoms with van der Waals surface area (Å²) in [5, 5.41) is 3.07. The van der Waals surface area contributed by atoms with Crippen molar-refractivity contribution >= 4 is 5.91 Å². The number of amides is 1. The van der Waals surface area contributed by atoms with Gasteiger partial charge in [0, 0.05) is 32.3 Å². The van der Waals surface area contributed by atoms with E-state index in [-0.39, 0.29) is 5.91 Å². The molecule has 1 amide bonds. The lowest BCUT2D eigenvalue weighted by Crippen LogP contribution is -2.31. The van der Waals surface area contributed by atoms with Gasteiger partial charge in [0.2, 0.25) is 0 Å². The van der Waals surface area contributed by atoms with Crippen molar-refractivity contribution in [2.24, 2.45) is 5.92 Å². The van der Waals surface area contributed by atoms with E-state index in [1.54, 1.807) is 7.11 Å². The first-order chi connectivity index (χ1) is 10.7. The van der Waals surface area contributed by atoms with Crippen LogP contribution in [0.3, 0.4) is 0 Å². The van der Waals surface area contributed by atoms with Crippen molar-refractivity contribution in [2.45, 2.75) is 26.2 Å². The SMILES string of the molecule is CCCc1ccc(C(=O)NC[C@@H]2CCN(CCOC)C2)cc1. The maximum atomic E-state index is 12.2. The Bertz CT molecular complexity index is 459. The van der Waals surface area contributed by atoms with Gasteiger partial charge in [-0.15, -0.1) is 0 Å². The zero-order valence-electron chi connectivity index (χ0n) is 13.8. The van der Waals surface area contributed by atoms with Crippen molar-refractivity contribution in [3.05, 3.63) is 35.4 Å². The second-order valence-corrected chi connectivity index (χ2v) is 6.11. The minimum atomic E-state index is 0.0402. The summed E-state index contributed by atoms with van der Waals surface area (Å²) in [5.41, 5.74) is 2.05. The first-order valence-corrected chi connectivity index (χ1v) is 8.31. The van der Waals surface area contributed by atoms with E-state index in [9.17, 15) is 4.79 Å². The lowest BCUT2D eigenvalue weighted by molar-refractivity contribution is 0.0946. The third-order valence-electron chi connectivity index (χ3n) is 4.29. The number of nitrogens with zero attached hydrogens (tertiary/aromatic N) is 1. The third-order valence-corrected chi connectivity index (χ3v) is 4.29. The number of benzene rings is 1. The van der Waals surface area contributed by atoms with Crippen LogP contribution in [0.2, 0.25) is 0 Å². The lowest BCUT2D eigenvalue weighted by Gasteiger charge is -2.15. The average molecular weight is 304 g/mol. The quantitative estimate of drug-likeness (QED) is 0.801. The Morgan fingerprint density at radius 2 is 2.14 bits per heavy atom. The van der Waals surface area contributed by atoms with Gasteiger partial charge in [-0.25, -0.2) is 0 Å². The van der Waals surface area contributed by atoms with Crippen molar-refractivity contribution < 1.29 is 9.53 Å². The standard InChI is InChI=1S/C18H28N2O2/c1-3-4-15-5-7-17(8-6-15)18(21)19-13-16-9-10-20(14-16)11-12-22-2/h5-8,16H,3-4,9-14H2,1-2H3,(H,19,21)/t16-/m0/s1. The average Bonchev–Trinajstić information content (AvgIpc) is 2.99. The number of hydrogen-bond acceptors (Lipinski definition) is 3. The molecule has 1 N–H and O–H groups in total. The summed E-state index contributed by atoms with van der Waals surface area (Å²) >= 11 is 0. The molecule has 1 aromatic rings. The maximum Gasteiger partial charge on any atom is 0.251 e. The molecule has 1 aliphatic rings. The molecule has 1 atom stereocenters. The van der Waals surface area contributed by atoms with Gasteiger partial charge in [-0.05, 0) is 43.0 Å². The van der Waals surface area contributed by atoms with Crippen molar-refractivity contribution in [3.8, 4) is 0 Å². The number of ether oxygens (including phenoxy) is 1. The molecular formula is C18H28N2O2. The molecule has 1 heterocycles. The molecule has 0 bridgehead atoms. The Morgan fingerprint density at radius 3 is 2.82 bits per heavy atom. The number of carbonyl (C=O) groups excluding carboxylic acids is 1. The van der Waals surface area contributed by atoms with E-state index in [0.29, 0.717) is 5.92 Å². The van der Waals surface area contributed by atoms with Gasteiger partial charge in [0.05, 0.1) is 6.61 Å². The van der Waals surface area contributed by atoms with Crippen LogP contribution in [0.4, 0.5) is 0 Å². The Hall–Kier alpha value is -1.39. The summed E-state index contributed by atoms with van der Waals surface area (Å²) in [6.45, 7) is 6.86. The molecular weight excluding hydrogens is 276 g/mol. The summed E-state index contributed by atoms with van der Waals surface area (Å²) in [7, 11) is 1.74. The van der Waals surface area contributed by atoms with E-state index in [2.05, 4.69) is 29.3 Å². The first kappa shape index (κ1) is 17.0. The molecule has 0 aromatic heterocycles.